The van der Waals surface area contributed by atoms with E-state index in [2.05, 4.69) is 15.0 Å². The maximum Gasteiger partial charge on any atom is 0.423 e. The predicted molar refractivity (Wildman–Crippen MR) is 130 cm³/mol. The van der Waals surface area contributed by atoms with E-state index < -0.39 is 17.3 Å². The number of nitrogens with zero attached hydrogens (tertiary/aromatic N) is 6. The molecule has 5 rings (SSSR count). The van der Waals surface area contributed by atoms with Crippen molar-refractivity contribution in [1.29, 1.82) is 5.26 Å². The van der Waals surface area contributed by atoms with Crippen LogP contribution in [0.5, 0.6) is 0 Å². The molecule has 3 saturated heterocycles. The molecule has 3 atom stereocenters. The Morgan fingerprint density at radius 2 is 1.92 bits per heavy atom. The number of hydrogen-bond acceptors (Lipinski definition) is 8. The van der Waals surface area contributed by atoms with E-state index in [1.807, 2.05) is 11.2 Å². The molecule has 1 N–H and O–H groups in total. The number of anilines is 2. The third-order valence-corrected chi connectivity index (χ3v) is 7.53. The van der Waals surface area contributed by atoms with Gasteiger partial charge in [0.25, 0.3) is 5.56 Å². The van der Waals surface area contributed by atoms with Gasteiger partial charge in [0.2, 0.25) is 5.91 Å². The maximum absolute atomic E-state index is 13.6. The standard InChI is InChI=1S/C25H28F3N7O3/c26-25(27,28)23-19(15-31-32-24(23)37)35-7-1-2-18(35)20-5-4-17(38-20)12-22(36)34-10-8-33(9-11-34)21-6-3-16(13-29)14-30-21/h3,6,14-15,17-18,20H,1-2,4-5,7-12H2,(H,32,37)/t17-,18+,20+/m1/s1. The number of H-pyrrole nitrogens is 1. The fraction of sp³-hybridized carbons (Fsp3) is 0.560. The molecule has 0 aliphatic carbocycles. The van der Waals surface area contributed by atoms with Crippen LogP contribution in [0.3, 0.4) is 0 Å². The normalized spacial score (nSPS) is 24.1. The highest BCUT2D eigenvalue weighted by molar-refractivity contribution is 5.77. The van der Waals surface area contributed by atoms with Crippen LogP contribution in [0, 0.1) is 11.3 Å². The maximum atomic E-state index is 13.6. The molecule has 0 unspecified atom stereocenters. The molecule has 10 nitrogen and oxygen atoms in total. The second-order valence-electron chi connectivity index (χ2n) is 9.82. The average Bonchev–Trinajstić information content (AvgIpc) is 3.57. The Morgan fingerprint density at radius 1 is 1.13 bits per heavy atom. The molecule has 0 radical (unpaired) electrons. The largest absolute Gasteiger partial charge is 0.423 e. The Labute approximate surface area is 217 Å². The molecule has 2 aromatic rings. The topological polar surface area (TPSA) is 118 Å². The zero-order valence-electron chi connectivity index (χ0n) is 20.7. The average molecular weight is 532 g/mol. The molecule has 5 heterocycles. The number of nitriles is 1. The minimum Gasteiger partial charge on any atom is -0.372 e. The van der Waals surface area contributed by atoms with E-state index >= 15 is 0 Å². The zero-order chi connectivity index (χ0) is 26.9. The van der Waals surface area contributed by atoms with E-state index in [1.54, 1.807) is 21.9 Å². The molecule has 3 aliphatic heterocycles. The molecular formula is C25H28F3N7O3. The van der Waals surface area contributed by atoms with Crippen LogP contribution < -0.4 is 15.4 Å². The first-order chi connectivity index (χ1) is 18.2. The van der Waals surface area contributed by atoms with Gasteiger partial charge in [-0.3, -0.25) is 9.59 Å². The molecule has 0 bridgehead atoms. The van der Waals surface area contributed by atoms with Crippen LogP contribution in [0.15, 0.2) is 29.3 Å². The number of piperazine rings is 1. The van der Waals surface area contributed by atoms with Gasteiger partial charge in [0, 0.05) is 38.9 Å². The predicted octanol–water partition coefficient (Wildman–Crippen LogP) is 2.31. The van der Waals surface area contributed by atoms with Crippen LogP contribution in [0.1, 0.15) is 43.2 Å². The van der Waals surface area contributed by atoms with Crippen molar-refractivity contribution >= 4 is 17.4 Å². The molecule has 38 heavy (non-hydrogen) atoms. The highest BCUT2D eigenvalue weighted by Gasteiger charge is 2.44. The lowest BCUT2D eigenvalue weighted by atomic mass is 10.0. The number of aromatic nitrogens is 3. The molecule has 3 aliphatic rings. The SMILES string of the molecule is N#Cc1ccc(N2CCN(C(=O)C[C@H]3CC[C@@H]([C@@H]4CCCN4c4cn[nH]c(=O)c4C(F)(F)F)O3)CC2)nc1. The Bertz CT molecular complexity index is 1250. The van der Waals surface area contributed by atoms with Gasteiger partial charge in [-0.1, -0.05) is 0 Å². The Kier molecular flexibility index (Phi) is 7.25. The van der Waals surface area contributed by atoms with E-state index in [0.29, 0.717) is 64.0 Å². The number of ether oxygens (including phenoxy) is 1. The number of halogens is 3. The van der Waals surface area contributed by atoms with Crippen molar-refractivity contribution in [2.75, 3.05) is 42.5 Å². The van der Waals surface area contributed by atoms with E-state index in [1.165, 1.54) is 6.20 Å². The summed E-state index contributed by atoms with van der Waals surface area (Å²) in [6.07, 6.45) is -0.0119. The smallest absolute Gasteiger partial charge is 0.372 e. The summed E-state index contributed by atoms with van der Waals surface area (Å²) in [7, 11) is 0. The van der Waals surface area contributed by atoms with Gasteiger partial charge in [0.05, 0.1) is 42.1 Å². The monoisotopic (exact) mass is 531 g/mol. The molecule has 0 saturated carbocycles. The quantitative estimate of drug-likeness (QED) is 0.625. The molecule has 3 fully saturated rings. The molecular weight excluding hydrogens is 503 g/mol. The molecule has 2 aromatic heterocycles. The number of rotatable bonds is 5. The minimum absolute atomic E-state index is 0.00971. The van der Waals surface area contributed by atoms with Crippen LogP contribution in [0.4, 0.5) is 24.7 Å². The first-order valence-corrected chi connectivity index (χ1v) is 12.7. The third kappa shape index (κ3) is 5.31. The number of aromatic amines is 1. The van der Waals surface area contributed by atoms with Gasteiger partial charge in [0.1, 0.15) is 17.5 Å². The van der Waals surface area contributed by atoms with Crippen molar-refractivity contribution < 1.29 is 22.7 Å². The summed E-state index contributed by atoms with van der Waals surface area (Å²) in [6.45, 7) is 2.72. The molecule has 202 valence electrons. The van der Waals surface area contributed by atoms with Gasteiger partial charge in [-0.2, -0.15) is 23.5 Å². The van der Waals surface area contributed by atoms with Gasteiger partial charge in [-0.05, 0) is 37.8 Å². The first kappa shape index (κ1) is 26.0. The number of amides is 1. The van der Waals surface area contributed by atoms with Crippen molar-refractivity contribution in [3.8, 4) is 6.07 Å². The Hall–Kier alpha value is -3.66. The van der Waals surface area contributed by atoms with Crippen LogP contribution >= 0.6 is 0 Å². The Morgan fingerprint density at radius 3 is 2.61 bits per heavy atom. The van der Waals surface area contributed by atoms with Crippen LogP contribution in [-0.2, 0) is 15.7 Å². The highest BCUT2D eigenvalue weighted by Crippen LogP contribution is 2.39. The summed E-state index contributed by atoms with van der Waals surface area (Å²) in [5, 5.41) is 14.4. The van der Waals surface area contributed by atoms with Crippen molar-refractivity contribution in [2.24, 2.45) is 0 Å². The van der Waals surface area contributed by atoms with E-state index in [9.17, 15) is 22.8 Å². The lowest BCUT2D eigenvalue weighted by Gasteiger charge is -2.36. The lowest BCUT2D eigenvalue weighted by Crippen LogP contribution is -2.49. The fourth-order valence-electron chi connectivity index (χ4n) is 5.67. The second kappa shape index (κ2) is 10.6. The van der Waals surface area contributed by atoms with Gasteiger partial charge in [-0.25, -0.2) is 10.1 Å². The number of hydrogen-bond donors (Lipinski definition) is 1. The summed E-state index contributed by atoms with van der Waals surface area (Å²) in [5.74, 6) is 0.757. The van der Waals surface area contributed by atoms with Crippen molar-refractivity contribution in [2.45, 2.75) is 56.5 Å². The highest BCUT2D eigenvalue weighted by atomic mass is 19.4. The van der Waals surface area contributed by atoms with Crippen molar-refractivity contribution in [3.05, 3.63) is 46.0 Å². The van der Waals surface area contributed by atoms with Gasteiger partial charge in [-0.15, -0.1) is 0 Å². The summed E-state index contributed by atoms with van der Waals surface area (Å²) < 4.78 is 47.1. The number of carbonyl (C=O) groups excluding carboxylic acids is 1. The van der Waals surface area contributed by atoms with Gasteiger partial charge < -0.3 is 19.4 Å². The molecule has 0 spiro atoms. The number of carbonyl (C=O) groups is 1. The summed E-state index contributed by atoms with van der Waals surface area (Å²) in [5.41, 5.74) is -2.22. The van der Waals surface area contributed by atoms with Crippen LogP contribution in [0.25, 0.3) is 0 Å². The zero-order valence-corrected chi connectivity index (χ0v) is 20.7. The Balaban J connectivity index is 1.16. The first-order valence-electron chi connectivity index (χ1n) is 12.7. The van der Waals surface area contributed by atoms with E-state index in [4.69, 9.17) is 10.00 Å². The van der Waals surface area contributed by atoms with E-state index in [0.717, 1.165) is 12.0 Å². The van der Waals surface area contributed by atoms with E-state index in [-0.39, 0.29) is 36.3 Å². The minimum atomic E-state index is -4.80. The molecule has 1 amide bonds. The van der Waals surface area contributed by atoms with Crippen molar-refractivity contribution in [1.82, 2.24) is 20.1 Å². The molecule has 13 heteroatoms. The number of pyridine rings is 1. The summed E-state index contributed by atoms with van der Waals surface area (Å²) in [4.78, 5) is 34.7. The summed E-state index contributed by atoms with van der Waals surface area (Å²) in [6, 6.07) is 5.25. The van der Waals surface area contributed by atoms with Crippen LogP contribution in [-0.4, -0.2) is 77.0 Å². The lowest BCUT2D eigenvalue weighted by molar-refractivity contribution is -0.138. The fourth-order valence-corrected chi connectivity index (χ4v) is 5.67. The van der Waals surface area contributed by atoms with Crippen molar-refractivity contribution in [3.63, 3.8) is 0 Å². The molecule has 0 aromatic carbocycles. The van der Waals surface area contributed by atoms with Gasteiger partial charge in [0.15, 0.2) is 0 Å². The second-order valence-corrected chi connectivity index (χ2v) is 9.82. The number of alkyl halides is 3. The summed E-state index contributed by atoms with van der Waals surface area (Å²) >= 11 is 0. The van der Waals surface area contributed by atoms with Gasteiger partial charge >= 0.3 is 6.18 Å². The number of nitrogens with one attached hydrogen (secondary N) is 1. The third-order valence-electron chi connectivity index (χ3n) is 7.53. The van der Waals surface area contributed by atoms with Crippen LogP contribution in [0.2, 0.25) is 0 Å².